The predicted molar refractivity (Wildman–Crippen MR) is 116 cm³/mol. The van der Waals surface area contributed by atoms with Crippen molar-refractivity contribution >= 4 is 17.5 Å². The summed E-state index contributed by atoms with van der Waals surface area (Å²) in [5, 5.41) is 2.92. The second-order valence-corrected chi connectivity index (χ2v) is 8.02. The average molecular weight is 408 g/mol. The molecular weight excluding hydrogens is 378 g/mol. The molecule has 2 heterocycles. The highest BCUT2D eigenvalue weighted by atomic mass is 16.5. The van der Waals surface area contributed by atoms with E-state index in [0.29, 0.717) is 18.0 Å². The van der Waals surface area contributed by atoms with Crippen molar-refractivity contribution in [1.82, 2.24) is 10.2 Å². The molecule has 6 nitrogen and oxygen atoms in total. The second-order valence-electron chi connectivity index (χ2n) is 8.02. The third kappa shape index (κ3) is 5.19. The number of nitrogens with one attached hydrogen (secondary N) is 1. The van der Waals surface area contributed by atoms with Gasteiger partial charge in [-0.3, -0.25) is 19.4 Å². The topological polar surface area (TPSA) is 61.9 Å². The number of carbonyl (C=O) groups is 2. The first kappa shape index (κ1) is 20.4. The minimum atomic E-state index is -0.207. The maximum absolute atomic E-state index is 12.4. The van der Waals surface area contributed by atoms with Gasteiger partial charge in [0, 0.05) is 13.1 Å². The van der Waals surface area contributed by atoms with E-state index in [-0.39, 0.29) is 25.0 Å². The van der Waals surface area contributed by atoms with Gasteiger partial charge in [-0.2, -0.15) is 0 Å². The fraction of sp³-hybridized carbons (Fsp3) is 0.417. The van der Waals surface area contributed by atoms with Gasteiger partial charge in [0.25, 0.3) is 5.91 Å². The van der Waals surface area contributed by atoms with E-state index in [0.717, 1.165) is 12.1 Å². The molecule has 0 radical (unpaired) electrons. The van der Waals surface area contributed by atoms with Crippen LogP contribution in [0.4, 0.5) is 5.69 Å². The summed E-state index contributed by atoms with van der Waals surface area (Å²) >= 11 is 0. The van der Waals surface area contributed by atoms with Crippen LogP contribution in [0.25, 0.3) is 0 Å². The first-order valence-electron chi connectivity index (χ1n) is 10.8. The number of carbonyl (C=O) groups excluding carboxylic acids is 2. The highest BCUT2D eigenvalue weighted by molar-refractivity contribution is 6.02. The van der Waals surface area contributed by atoms with Gasteiger partial charge in [-0.25, -0.2) is 0 Å². The summed E-state index contributed by atoms with van der Waals surface area (Å²) in [5.74, 6) is 0.236. The van der Waals surface area contributed by atoms with Gasteiger partial charge in [0.1, 0.15) is 12.3 Å². The maximum Gasteiger partial charge on any atom is 0.265 e. The zero-order chi connectivity index (χ0) is 20.8. The summed E-state index contributed by atoms with van der Waals surface area (Å²) in [7, 11) is 0. The number of ether oxygens (including phenoxy) is 1. The smallest absolute Gasteiger partial charge is 0.265 e. The molecule has 0 spiro atoms. The minimum Gasteiger partial charge on any atom is -0.482 e. The number of hydrogen-bond donors (Lipinski definition) is 1. The Kier molecular flexibility index (Phi) is 6.64. The van der Waals surface area contributed by atoms with Gasteiger partial charge >= 0.3 is 0 Å². The van der Waals surface area contributed by atoms with Gasteiger partial charge in [0.2, 0.25) is 5.91 Å². The lowest BCUT2D eigenvalue weighted by Gasteiger charge is -2.28. The largest absolute Gasteiger partial charge is 0.482 e. The molecule has 0 aromatic heterocycles. The van der Waals surface area contributed by atoms with E-state index in [4.69, 9.17) is 4.74 Å². The first-order valence-corrected chi connectivity index (χ1v) is 10.8. The highest BCUT2D eigenvalue weighted by Crippen LogP contribution is 2.31. The number of rotatable bonds is 6. The quantitative estimate of drug-likeness (QED) is 0.799. The van der Waals surface area contributed by atoms with E-state index in [1.54, 1.807) is 12.1 Å². The molecule has 0 unspecified atom stereocenters. The third-order valence-corrected chi connectivity index (χ3v) is 5.73. The van der Waals surface area contributed by atoms with Crippen LogP contribution in [-0.4, -0.2) is 43.0 Å². The van der Waals surface area contributed by atoms with Crippen molar-refractivity contribution < 1.29 is 14.3 Å². The summed E-state index contributed by atoms with van der Waals surface area (Å²) in [4.78, 5) is 28.7. The van der Waals surface area contributed by atoms with Crippen molar-refractivity contribution in [2.24, 2.45) is 0 Å². The van der Waals surface area contributed by atoms with Crippen LogP contribution in [-0.2, 0) is 22.7 Å². The van der Waals surface area contributed by atoms with Gasteiger partial charge < -0.3 is 10.1 Å². The molecule has 2 amide bonds. The highest BCUT2D eigenvalue weighted by Gasteiger charge is 2.26. The van der Waals surface area contributed by atoms with Gasteiger partial charge in [-0.05, 0) is 49.2 Å². The Balaban J connectivity index is 1.28. The standard InChI is InChI=1S/C24H29N3O3/c28-23(17-27-21-7-3-4-8-22(21)30-18-24(27)29)25-15-19-9-11-20(12-10-19)16-26-13-5-1-2-6-14-26/h3-4,7-12H,1-2,5-6,13-18H2,(H,25,28). The molecule has 2 aromatic rings. The molecule has 4 rings (SSSR count). The molecule has 0 atom stereocenters. The van der Waals surface area contributed by atoms with Crippen LogP contribution in [0.2, 0.25) is 0 Å². The normalized spacial score (nSPS) is 17.1. The third-order valence-electron chi connectivity index (χ3n) is 5.73. The molecule has 30 heavy (non-hydrogen) atoms. The van der Waals surface area contributed by atoms with Crippen molar-refractivity contribution in [2.45, 2.75) is 38.8 Å². The van der Waals surface area contributed by atoms with Crippen LogP contribution < -0.4 is 15.0 Å². The van der Waals surface area contributed by atoms with Gasteiger partial charge in [0.05, 0.1) is 5.69 Å². The molecule has 0 saturated carbocycles. The van der Waals surface area contributed by atoms with Crippen LogP contribution in [0.3, 0.4) is 0 Å². The Hall–Kier alpha value is -2.86. The molecule has 0 bridgehead atoms. The molecule has 6 heteroatoms. The van der Waals surface area contributed by atoms with Gasteiger partial charge in [0.15, 0.2) is 6.61 Å². The second kappa shape index (κ2) is 9.76. The van der Waals surface area contributed by atoms with Gasteiger partial charge in [-0.15, -0.1) is 0 Å². The number of benzene rings is 2. The van der Waals surface area contributed by atoms with Crippen molar-refractivity contribution in [3.63, 3.8) is 0 Å². The lowest BCUT2D eigenvalue weighted by Crippen LogP contribution is -2.45. The molecule has 2 aromatic carbocycles. The lowest BCUT2D eigenvalue weighted by atomic mass is 10.1. The SMILES string of the molecule is O=C(CN1C(=O)COc2ccccc21)NCc1ccc(CN2CCCCCC2)cc1. The lowest BCUT2D eigenvalue weighted by molar-refractivity contribution is -0.125. The van der Waals surface area contributed by atoms with Crippen LogP contribution >= 0.6 is 0 Å². The molecule has 1 fully saturated rings. The summed E-state index contributed by atoms with van der Waals surface area (Å²) in [6.45, 7) is 3.76. The summed E-state index contributed by atoms with van der Waals surface area (Å²) in [5.41, 5.74) is 3.00. The number of nitrogens with zero attached hydrogens (tertiary/aromatic N) is 2. The zero-order valence-corrected chi connectivity index (χ0v) is 17.3. The van der Waals surface area contributed by atoms with E-state index < -0.39 is 0 Å². The molecule has 2 aliphatic heterocycles. The van der Waals surface area contributed by atoms with E-state index in [1.165, 1.54) is 49.2 Å². The van der Waals surface area contributed by atoms with Crippen molar-refractivity contribution in [1.29, 1.82) is 0 Å². The van der Waals surface area contributed by atoms with Crippen LogP contribution in [0, 0.1) is 0 Å². The Bertz CT molecular complexity index is 874. The summed E-state index contributed by atoms with van der Waals surface area (Å²) < 4.78 is 5.42. The fourth-order valence-electron chi connectivity index (χ4n) is 4.04. The van der Waals surface area contributed by atoms with Crippen LogP contribution in [0.15, 0.2) is 48.5 Å². The number of para-hydroxylation sites is 2. The number of fused-ring (bicyclic) bond motifs is 1. The van der Waals surface area contributed by atoms with Gasteiger partial charge in [-0.1, -0.05) is 49.2 Å². The minimum absolute atomic E-state index is 0.00769. The van der Waals surface area contributed by atoms with Crippen LogP contribution in [0.5, 0.6) is 5.75 Å². The van der Waals surface area contributed by atoms with E-state index in [2.05, 4.69) is 34.5 Å². The fourth-order valence-corrected chi connectivity index (χ4v) is 4.04. The number of amides is 2. The molecule has 1 N–H and O–H groups in total. The molecular formula is C24H29N3O3. The van der Waals surface area contributed by atoms with E-state index >= 15 is 0 Å². The Morgan fingerprint density at radius 2 is 1.63 bits per heavy atom. The summed E-state index contributed by atoms with van der Waals surface area (Å²) in [6.07, 6.45) is 5.27. The van der Waals surface area contributed by atoms with Crippen molar-refractivity contribution in [3.05, 3.63) is 59.7 Å². The van der Waals surface area contributed by atoms with E-state index in [1.807, 2.05) is 12.1 Å². The Morgan fingerprint density at radius 3 is 2.40 bits per heavy atom. The zero-order valence-electron chi connectivity index (χ0n) is 17.3. The Morgan fingerprint density at radius 1 is 0.933 bits per heavy atom. The van der Waals surface area contributed by atoms with E-state index in [9.17, 15) is 9.59 Å². The monoisotopic (exact) mass is 407 g/mol. The molecule has 2 aliphatic rings. The predicted octanol–water partition coefficient (Wildman–Crippen LogP) is 3.10. The summed E-state index contributed by atoms with van der Waals surface area (Å²) in [6, 6.07) is 15.7. The number of likely N-dealkylation sites (tertiary alicyclic amines) is 1. The van der Waals surface area contributed by atoms with Crippen molar-refractivity contribution in [2.75, 3.05) is 31.1 Å². The molecule has 0 aliphatic carbocycles. The maximum atomic E-state index is 12.4. The molecule has 1 saturated heterocycles. The number of hydrogen-bond acceptors (Lipinski definition) is 4. The van der Waals surface area contributed by atoms with Crippen LogP contribution in [0.1, 0.15) is 36.8 Å². The first-order chi connectivity index (χ1) is 14.7. The molecule has 158 valence electrons. The van der Waals surface area contributed by atoms with Crippen molar-refractivity contribution in [3.8, 4) is 5.75 Å². The number of anilines is 1. The Labute approximate surface area is 177 Å². The average Bonchev–Trinajstić information content (AvgIpc) is 3.04.